The van der Waals surface area contributed by atoms with Gasteiger partial charge < -0.3 is 5.73 Å². The minimum absolute atomic E-state index is 0.353. The van der Waals surface area contributed by atoms with Gasteiger partial charge in [-0.3, -0.25) is 0 Å². The van der Waals surface area contributed by atoms with Gasteiger partial charge in [-0.25, -0.2) is 8.42 Å². The van der Waals surface area contributed by atoms with Crippen LogP contribution in [0.1, 0.15) is 13.8 Å². The van der Waals surface area contributed by atoms with E-state index < -0.39 is 10.0 Å². The summed E-state index contributed by atoms with van der Waals surface area (Å²) >= 11 is 1.19. The minimum Gasteiger partial charge on any atom is -0.398 e. The number of anilines is 1. The number of nitrogens with zero attached hydrogens (tertiary/aromatic N) is 1. The predicted octanol–water partition coefficient (Wildman–Crippen LogP) is 1.61. The van der Waals surface area contributed by atoms with Crippen molar-refractivity contribution in [1.29, 1.82) is 0 Å². The molecule has 0 radical (unpaired) electrons. The summed E-state index contributed by atoms with van der Waals surface area (Å²) in [7, 11) is -3.31. The van der Waals surface area contributed by atoms with Crippen molar-refractivity contribution in [2.24, 2.45) is 11.8 Å². The van der Waals surface area contributed by atoms with Crippen LogP contribution in [-0.2, 0) is 10.0 Å². The molecule has 90 valence electrons. The van der Waals surface area contributed by atoms with Crippen molar-refractivity contribution >= 4 is 27.0 Å². The number of thiophene rings is 1. The first-order valence-corrected chi connectivity index (χ1v) is 7.57. The van der Waals surface area contributed by atoms with Crippen molar-refractivity contribution in [3.63, 3.8) is 0 Å². The highest BCUT2D eigenvalue weighted by molar-refractivity contribution is 7.91. The monoisotopic (exact) mass is 260 g/mol. The van der Waals surface area contributed by atoms with Gasteiger partial charge in [0.2, 0.25) is 0 Å². The average molecular weight is 260 g/mol. The number of nitrogens with two attached hydrogens (primary N) is 1. The number of hydrogen-bond acceptors (Lipinski definition) is 4. The number of hydrogen-bond donors (Lipinski definition) is 1. The van der Waals surface area contributed by atoms with Crippen LogP contribution in [-0.4, -0.2) is 25.8 Å². The first kappa shape index (κ1) is 11.9. The van der Waals surface area contributed by atoms with E-state index in [0.717, 1.165) is 0 Å². The van der Waals surface area contributed by atoms with E-state index in [1.54, 1.807) is 9.69 Å². The molecule has 0 amide bonds. The topological polar surface area (TPSA) is 63.4 Å². The first-order chi connectivity index (χ1) is 7.41. The second kappa shape index (κ2) is 4.01. The number of rotatable bonds is 2. The van der Waals surface area contributed by atoms with Crippen LogP contribution in [0.15, 0.2) is 15.7 Å². The maximum Gasteiger partial charge on any atom is 0.252 e. The zero-order valence-corrected chi connectivity index (χ0v) is 11.0. The summed E-state index contributed by atoms with van der Waals surface area (Å²) < 4.78 is 26.4. The fourth-order valence-corrected chi connectivity index (χ4v) is 4.74. The maximum atomic E-state index is 12.2. The van der Waals surface area contributed by atoms with Gasteiger partial charge in [0.25, 0.3) is 10.0 Å². The Labute approximate surface area is 100 Å². The number of nitrogen functional groups attached to an aromatic ring is 1. The molecule has 1 saturated heterocycles. The van der Waals surface area contributed by atoms with Gasteiger partial charge in [0, 0.05) is 24.2 Å². The Morgan fingerprint density at radius 3 is 2.38 bits per heavy atom. The van der Waals surface area contributed by atoms with E-state index in [1.807, 2.05) is 0 Å². The minimum atomic E-state index is -3.31. The van der Waals surface area contributed by atoms with Crippen molar-refractivity contribution in [2.45, 2.75) is 18.1 Å². The third-order valence-corrected chi connectivity index (χ3v) is 6.41. The lowest BCUT2D eigenvalue weighted by Gasteiger charge is -2.14. The highest BCUT2D eigenvalue weighted by Gasteiger charge is 2.35. The van der Waals surface area contributed by atoms with Gasteiger partial charge in [0.05, 0.1) is 0 Å². The Morgan fingerprint density at radius 2 is 1.94 bits per heavy atom. The lowest BCUT2D eigenvalue weighted by atomic mass is 10.0. The molecule has 2 N–H and O–H groups in total. The van der Waals surface area contributed by atoms with E-state index in [1.165, 1.54) is 17.4 Å². The van der Waals surface area contributed by atoms with E-state index in [2.05, 4.69) is 13.8 Å². The molecular weight excluding hydrogens is 244 g/mol. The smallest absolute Gasteiger partial charge is 0.252 e. The Kier molecular flexibility index (Phi) is 2.98. The van der Waals surface area contributed by atoms with E-state index in [4.69, 9.17) is 5.73 Å². The Hall–Kier alpha value is -0.590. The standard InChI is InChI=1S/C10H16N2O2S2/c1-7-4-12(5-8(7)2)16(13,14)10-3-9(11)6-15-10/h3,6-8H,4-5,11H2,1-2H3. The summed E-state index contributed by atoms with van der Waals surface area (Å²) in [4.78, 5) is 0. The molecule has 2 rings (SSSR count). The van der Waals surface area contributed by atoms with E-state index >= 15 is 0 Å². The normalized spacial score (nSPS) is 27.4. The Bertz CT molecular complexity index is 471. The predicted molar refractivity (Wildman–Crippen MR) is 65.8 cm³/mol. The van der Waals surface area contributed by atoms with Crippen LogP contribution in [0.25, 0.3) is 0 Å². The van der Waals surface area contributed by atoms with E-state index in [-0.39, 0.29) is 0 Å². The first-order valence-electron chi connectivity index (χ1n) is 5.25. The molecule has 0 saturated carbocycles. The third-order valence-electron chi connectivity index (χ3n) is 3.14. The van der Waals surface area contributed by atoms with Crippen LogP contribution in [0.2, 0.25) is 0 Å². The van der Waals surface area contributed by atoms with Crippen LogP contribution < -0.4 is 5.73 Å². The van der Waals surface area contributed by atoms with Crippen molar-refractivity contribution < 1.29 is 8.42 Å². The molecule has 1 aliphatic rings. The van der Waals surface area contributed by atoms with Crippen LogP contribution in [0.5, 0.6) is 0 Å². The van der Waals surface area contributed by atoms with Crippen molar-refractivity contribution in [2.75, 3.05) is 18.8 Å². The molecule has 0 aliphatic carbocycles. The van der Waals surface area contributed by atoms with E-state index in [0.29, 0.717) is 34.8 Å². The van der Waals surface area contributed by atoms with Gasteiger partial charge in [0.1, 0.15) is 4.21 Å². The average Bonchev–Trinajstić information content (AvgIpc) is 2.75. The van der Waals surface area contributed by atoms with Crippen molar-refractivity contribution in [1.82, 2.24) is 4.31 Å². The van der Waals surface area contributed by atoms with Gasteiger partial charge in [-0.15, -0.1) is 11.3 Å². The SMILES string of the molecule is CC1CN(S(=O)(=O)c2cc(N)cs2)CC1C. The summed E-state index contributed by atoms with van der Waals surface area (Å²) in [5, 5.41) is 1.66. The van der Waals surface area contributed by atoms with Crippen LogP contribution >= 0.6 is 11.3 Å². The van der Waals surface area contributed by atoms with Crippen LogP contribution in [0.4, 0.5) is 5.69 Å². The molecule has 2 atom stereocenters. The summed E-state index contributed by atoms with van der Waals surface area (Å²) in [6, 6.07) is 1.54. The molecule has 2 heterocycles. The van der Waals surface area contributed by atoms with Gasteiger partial charge in [-0.1, -0.05) is 13.8 Å². The van der Waals surface area contributed by atoms with Crippen molar-refractivity contribution in [3.05, 3.63) is 11.4 Å². The molecule has 1 aliphatic heterocycles. The molecule has 1 aromatic rings. The van der Waals surface area contributed by atoms with E-state index in [9.17, 15) is 8.42 Å². The summed E-state index contributed by atoms with van der Waals surface area (Å²) in [5.74, 6) is 0.846. The zero-order valence-electron chi connectivity index (χ0n) is 9.38. The Morgan fingerprint density at radius 1 is 1.38 bits per heavy atom. The van der Waals surface area contributed by atoms with Crippen LogP contribution in [0, 0.1) is 11.8 Å². The zero-order chi connectivity index (χ0) is 11.9. The van der Waals surface area contributed by atoms with Gasteiger partial charge in [-0.05, 0) is 17.9 Å². The third kappa shape index (κ3) is 1.97. The molecule has 4 nitrogen and oxygen atoms in total. The molecule has 0 bridgehead atoms. The molecule has 2 unspecified atom stereocenters. The second-order valence-corrected chi connectivity index (χ2v) is 7.55. The van der Waals surface area contributed by atoms with Crippen LogP contribution in [0.3, 0.4) is 0 Å². The number of sulfonamides is 1. The van der Waals surface area contributed by atoms with Crippen molar-refractivity contribution in [3.8, 4) is 0 Å². The fourth-order valence-electron chi connectivity index (χ4n) is 1.87. The molecule has 1 fully saturated rings. The fraction of sp³-hybridized carbons (Fsp3) is 0.600. The highest BCUT2D eigenvalue weighted by Crippen LogP contribution is 2.31. The van der Waals surface area contributed by atoms with Gasteiger partial charge in [-0.2, -0.15) is 4.31 Å². The second-order valence-electron chi connectivity index (χ2n) is 4.48. The highest BCUT2D eigenvalue weighted by atomic mass is 32.2. The van der Waals surface area contributed by atoms with Gasteiger partial charge in [0.15, 0.2) is 0 Å². The maximum absolute atomic E-state index is 12.2. The lowest BCUT2D eigenvalue weighted by molar-refractivity contribution is 0.465. The summed E-state index contributed by atoms with van der Waals surface area (Å²) in [5.41, 5.74) is 6.07. The van der Waals surface area contributed by atoms with Gasteiger partial charge >= 0.3 is 0 Å². The lowest BCUT2D eigenvalue weighted by Crippen LogP contribution is -2.28. The molecule has 1 aromatic heterocycles. The Balaban J connectivity index is 2.27. The molecular formula is C10H16N2O2S2. The molecule has 6 heteroatoms. The molecule has 16 heavy (non-hydrogen) atoms. The summed E-state index contributed by atoms with van der Waals surface area (Å²) in [6.45, 7) is 5.40. The quantitative estimate of drug-likeness (QED) is 0.878. The molecule has 0 aromatic carbocycles. The largest absolute Gasteiger partial charge is 0.398 e. The molecule has 0 spiro atoms. The summed E-state index contributed by atoms with van der Waals surface area (Å²) in [6.07, 6.45) is 0.